The molecule has 0 bridgehead atoms. The molecule has 2 rings (SSSR count). The van der Waals surface area contributed by atoms with Gasteiger partial charge in [-0.25, -0.2) is 4.84 Å². The first kappa shape index (κ1) is 11.7. The molecule has 0 saturated heterocycles. The summed E-state index contributed by atoms with van der Waals surface area (Å²) in [5.41, 5.74) is 2.79. The first-order valence-electron chi connectivity index (χ1n) is 5.85. The van der Waals surface area contributed by atoms with Crippen molar-refractivity contribution in [2.24, 2.45) is 11.8 Å². The van der Waals surface area contributed by atoms with Gasteiger partial charge in [0.1, 0.15) is 0 Å². The average Bonchev–Trinajstić information content (AvgIpc) is 3.06. The lowest BCUT2D eigenvalue weighted by Gasteiger charge is -2.11. The molecule has 1 aliphatic carbocycles. The van der Waals surface area contributed by atoms with E-state index in [2.05, 4.69) is 49.0 Å². The molecule has 0 aliphatic heterocycles. The van der Waals surface area contributed by atoms with Gasteiger partial charge in [0, 0.05) is 6.04 Å². The predicted molar refractivity (Wildman–Crippen MR) is 70.1 cm³/mol. The highest BCUT2D eigenvalue weighted by Gasteiger charge is 2.39. The number of rotatable bonds is 4. The zero-order chi connectivity index (χ0) is 11.5. The molecule has 0 aromatic heterocycles. The van der Waals surface area contributed by atoms with Gasteiger partial charge >= 0.3 is 0 Å². The molecule has 0 unspecified atom stereocenters. The minimum Gasteiger partial charge on any atom is -0.230 e. The molecule has 1 aliphatic rings. The van der Waals surface area contributed by atoms with Crippen LogP contribution in [0.2, 0.25) is 0 Å². The van der Waals surface area contributed by atoms with E-state index >= 15 is 0 Å². The van der Waals surface area contributed by atoms with E-state index in [4.69, 9.17) is 11.8 Å². The first-order chi connectivity index (χ1) is 7.72. The number of benzene rings is 1. The maximum atomic E-state index is 5.67. The Bertz CT molecular complexity index is 370. The van der Waals surface area contributed by atoms with Crippen LogP contribution in [0.5, 0.6) is 0 Å². The van der Waals surface area contributed by atoms with Crippen molar-refractivity contribution in [2.45, 2.75) is 26.3 Å². The Morgan fingerprint density at radius 3 is 2.56 bits per heavy atom. The van der Waals surface area contributed by atoms with Crippen LogP contribution in [0.25, 0.3) is 6.08 Å². The van der Waals surface area contributed by atoms with Gasteiger partial charge in [0.25, 0.3) is 0 Å². The van der Waals surface area contributed by atoms with Crippen molar-refractivity contribution in [1.82, 2.24) is 4.84 Å². The van der Waals surface area contributed by atoms with Gasteiger partial charge in [0.2, 0.25) is 0 Å². The van der Waals surface area contributed by atoms with Crippen LogP contribution in [-0.2, 0) is 0 Å². The van der Waals surface area contributed by atoms with Gasteiger partial charge in [-0.3, -0.25) is 0 Å². The van der Waals surface area contributed by atoms with E-state index in [0.29, 0.717) is 17.9 Å². The Morgan fingerprint density at radius 1 is 1.38 bits per heavy atom. The van der Waals surface area contributed by atoms with Crippen LogP contribution in [0.4, 0.5) is 0 Å². The summed E-state index contributed by atoms with van der Waals surface area (Å²) in [6, 6.07) is 11.0. The Morgan fingerprint density at radius 2 is 2.06 bits per heavy atom. The molecule has 86 valence electrons. The Balaban J connectivity index is 2.17. The molecule has 0 heterocycles. The summed E-state index contributed by atoms with van der Waals surface area (Å²) < 4.78 is 0. The summed E-state index contributed by atoms with van der Waals surface area (Å²) in [4.78, 5) is 2.84. The van der Waals surface area contributed by atoms with E-state index < -0.39 is 0 Å². The van der Waals surface area contributed by atoms with E-state index in [1.165, 1.54) is 17.6 Å². The molecular formula is C14H18ClN. The number of nitrogens with one attached hydrogen (secondary N) is 1. The van der Waals surface area contributed by atoms with Gasteiger partial charge in [-0.15, -0.1) is 0 Å². The first-order valence-corrected chi connectivity index (χ1v) is 6.23. The summed E-state index contributed by atoms with van der Waals surface area (Å²) in [6.07, 6.45) is 3.48. The lowest BCUT2D eigenvalue weighted by atomic mass is 9.96. The number of hydrogen-bond acceptors (Lipinski definition) is 1. The Kier molecular flexibility index (Phi) is 3.67. The van der Waals surface area contributed by atoms with Crippen molar-refractivity contribution in [3.63, 3.8) is 0 Å². The summed E-state index contributed by atoms with van der Waals surface area (Å²) in [5.74, 6) is 1.21. The van der Waals surface area contributed by atoms with Crippen LogP contribution >= 0.6 is 11.8 Å². The molecule has 1 aromatic carbocycles. The fourth-order valence-corrected chi connectivity index (χ4v) is 2.37. The highest BCUT2D eigenvalue weighted by molar-refractivity contribution is 6.13. The highest BCUT2D eigenvalue weighted by atomic mass is 35.5. The second-order valence-corrected chi connectivity index (χ2v) is 4.99. The monoisotopic (exact) mass is 235 g/mol. The molecule has 0 amide bonds. The molecular weight excluding hydrogens is 218 g/mol. The van der Waals surface area contributed by atoms with Crippen molar-refractivity contribution < 1.29 is 0 Å². The lowest BCUT2D eigenvalue weighted by Crippen LogP contribution is -2.08. The van der Waals surface area contributed by atoms with E-state index in [1.807, 2.05) is 6.07 Å². The van der Waals surface area contributed by atoms with E-state index in [0.717, 1.165) is 0 Å². The van der Waals surface area contributed by atoms with E-state index in [-0.39, 0.29) is 0 Å². The maximum absolute atomic E-state index is 5.67. The molecule has 16 heavy (non-hydrogen) atoms. The van der Waals surface area contributed by atoms with E-state index in [9.17, 15) is 0 Å². The summed E-state index contributed by atoms with van der Waals surface area (Å²) in [7, 11) is 0. The fraction of sp³-hybridized carbons (Fsp3) is 0.429. The van der Waals surface area contributed by atoms with Gasteiger partial charge in [0.05, 0.1) is 0 Å². The van der Waals surface area contributed by atoms with Crippen molar-refractivity contribution in [3.05, 3.63) is 41.5 Å². The number of halogens is 1. The lowest BCUT2D eigenvalue weighted by molar-refractivity contribution is 0.691. The van der Waals surface area contributed by atoms with Crippen molar-refractivity contribution in [1.29, 1.82) is 0 Å². The number of hydrogen-bond donors (Lipinski definition) is 1. The van der Waals surface area contributed by atoms with Crippen LogP contribution < -0.4 is 4.84 Å². The Labute approximate surface area is 103 Å². The minimum atomic E-state index is 0.471. The molecule has 2 heteroatoms. The topological polar surface area (TPSA) is 12.0 Å². The molecule has 1 aromatic rings. The predicted octanol–water partition coefficient (Wildman–Crippen LogP) is 3.86. The maximum Gasteiger partial charge on any atom is 0.0293 e. The third kappa shape index (κ3) is 2.66. The van der Waals surface area contributed by atoms with Crippen LogP contribution in [0, 0.1) is 11.8 Å². The molecule has 1 fully saturated rings. The molecule has 1 N–H and O–H groups in total. The summed E-state index contributed by atoms with van der Waals surface area (Å²) >= 11 is 5.67. The second kappa shape index (κ2) is 5.03. The second-order valence-electron chi connectivity index (χ2n) is 4.77. The molecule has 2 atom stereocenters. The van der Waals surface area contributed by atoms with Gasteiger partial charge in [-0.1, -0.05) is 55.8 Å². The van der Waals surface area contributed by atoms with Gasteiger partial charge in [-0.2, -0.15) is 0 Å². The molecule has 0 radical (unpaired) electrons. The SMILES string of the molecule is CC(C)/C(=C\c1ccccc1)[C@@H]1C[C@H]1NCl. The third-order valence-electron chi connectivity index (χ3n) is 3.16. The fourth-order valence-electron chi connectivity index (χ4n) is 2.13. The van der Waals surface area contributed by atoms with Crippen molar-refractivity contribution >= 4 is 17.9 Å². The van der Waals surface area contributed by atoms with Gasteiger partial charge in [0.15, 0.2) is 0 Å². The molecule has 1 saturated carbocycles. The van der Waals surface area contributed by atoms with Gasteiger partial charge in [-0.05, 0) is 35.6 Å². The third-order valence-corrected chi connectivity index (χ3v) is 3.44. The van der Waals surface area contributed by atoms with Crippen LogP contribution in [-0.4, -0.2) is 6.04 Å². The molecule has 1 nitrogen and oxygen atoms in total. The summed E-state index contributed by atoms with van der Waals surface area (Å²) in [5, 5.41) is 0. The zero-order valence-electron chi connectivity index (χ0n) is 9.78. The summed E-state index contributed by atoms with van der Waals surface area (Å²) in [6.45, 7) is 4.50. The normalized spacial score (nSPS) is 24.9. The van der Waals surface area contributed by atoms with Crippen LogP contribution in [0.1, 0.15) is 25.8 Å². The van der Waals surface area contributed by atoms with Crippen LogP contribution in [0.15, 0.2) is 35.9 Å². The van der Waals surface area contributed by atoms with Crippen LogP contribution in [0.3, 0.4) is 0 Å². The minimum absolute atomic E-state index is 0.471. The zero-order valence-corrected chi connectivity index (χ0v) is 10.5. The van der Waals surface area contributed by atoms with E-state index in [1.54, 1.807) is 0 Å². The highest BCUT2D eigenvalue weighted by Crippen LogP contribution is 2.41. The van der Waals surface area contributed by atoms with Crippen molar-refractivity contribution in [2.75, 3.05) is 0 Å². The largest absolute Gasteiger partial charge is 0.230 e. The quantitative estimate of drug-likeness (QED) is 0.782. The van der Waals surface area contributed by atoms with Crippen molar-refractivity contribution in [3.8, 4) is 0 Å². The molecule has 0 spiro atoms. The standard InChI is InChI=1S/C14H18ClN/c1-10(2)12(13-9-14(13)16-15)8-11-6-4-3-5-7-11/h3-8,10,13-14,16H,9H2,1-2H3/b12-8+/t13-,14+/m0/s1. The Hall–Kier alpha value is -0.790. The average molecular weight is 236 g/mol. The smallest absolute Gasteiger partial charge is 0.0293 e. The van der Waals surface area contributed by atoms with Gasteiger partial charge < -0.3 is 0 Å².